The average molecular weight is 341 g/mol. The van der Waals surface area contributed by atoms with Crippen molar-refractivity contribution < 1.29 is 9.90 Å². The van der Waals surface area contributed by atoms with Gasteiger partial charge in [-0.05, 0) is 18.6 Å². The van der Waals surface area contributed by atoms with Crippen LogP contribution < -0.4 is 5.32 Å². The number of hydrogen-bond acceptors (Lipinski definition) is 5. The molecule has 2 fully saturated rings. The van der Waals surface area contributed by atoms with Crippen molar-refractivity contribution in [2.45, 2.75) is 12.5 Å². The van der Waals surface area contributed by atoms with E-state index < -0.39 is 0 Å². The van der Waals surface area contributed by atoms with Gasteiger partial charge in [-0.2, -0.15) is 5.10 Å². The monoisotopic (exact) mass is 341 g/mol. The topological polar surface area (TPSA) is 73.6 Å². The van der Waals surface area contributed by atoms with Gasteiger partial charge >= 0.3 is 0 Å². The zero-order valence-electron chi connectivity index (χ0n) is 14.1. The highest BCUT2D eigenvalue weighted by atomic mass is 16.3. The number of para-hydroxylation sites is 1. The quantitative estimate of drug-likeness (QED) is 0.860. The summed E-state index contributed by atoms with van der Waals surface area (Å²) >= 11 is 0. The van der Waals surface area contributed by atoms with Gasteiger partial charge < -0.3 is 15.3 Å². The Hall–Kier alpha value is -2.38. The Labute approximate surface area is 146 Å². The van der Waals surface area contributed by atoms with Crippen molar-refractivity contribution in [3.8, 4) is 11.4 Å². The van der Waals surface area contributed by atoms with Crippen LogP contribution in [0.5, 0.6) is 5.75 Å². The van der Waals surface area contributed by atoms with E-state index in [9.17, 15) is 9.90 Å². The fourth-order valence-electron chi connectivity index (χ4n) is 3.65. The maximum atomic E-state index is 12.8. The molecule has 1 aromatic heterocycles. The summed E-state index contributed by atoms with van der Waals surface area (Å²) in [6.07, 6.45) is 2.47. The molecular formula is C18H23N5O2. The van der Waals surface area contributed by atoms with E-state index in [0.717, 1.165) is 38.3 Å². The number of rotatable bonds is 3. The Morgan fingerprint density at radius 1 is 1.16 bits per heavy atom. The van der Waals surface area contributed by atoms with Crippen molar-refractivity contribution in [1.29, 1.82) is 0 Å². The number of aromatic nitrogens is 2. The highest BCUT2D eigenvalue weighted by Crippen LogP contribution is 2.23. The minimum Gasteiger partial charge on any atom is -0.504 e. The second-order valence-corrected chi connectivity index (χ2v) is 6.62. The van der Waals surface area contributed by atoms with Gasteiger partial charge in [0.1, 0.15) is 0 Å². The highest BCUT2D eigenvalue weighted by molar-refractivity contribution is 5.95. The van der Waals surface area contributed by atoms with E-state index in [1.807, 2.05) is 35.2 Å². The van der Waals surface area contributed by atoms with Crippen LogP contribution in [0.2, 0.25) is 0 Å². The molecule has 132 valence electrons. The van der Waals surface area contributed by atoms with E-state index in [2.05, 4.69) is 15.3 Å². The third-order valence-electron chi connectivity index (χ3n) is 5.04. The lowest BCUT2D eigenvalue weighted by molar-refractivity contribution is 0.0764. The summed E-state index contributed by atoms with van der Waals surface area (Å²) in [4.78, 5) is 17.1. The molecule has 4 rings (SSSR count). The van der Waals surface area contributed by atoms with Crippen LogP contribution in [0.1, 0.15) is 16.9 Å². The van der Waals surface area contributed by atoms with Gasteiger partial charge in [0.25, 0.3) is 5.91 Å². The number of carbonyl (C=O) groups excluding carboxylic acids is 1. The third-order valence-corrected chi connectivity index (χ3v) is 5.04. The summed E-state index contributed by atoms with van der Waals surface area (Å²) in [6.45, 7) is 5.49. The summed E-state index contributed by atoms with van der Waals surface area (Å²) in [7, 11) is 0. The fraction of sp³-hybridized carbons (Fsp3) is 0.444. The first-order chi connectivity index (χ1) is 12.2. The van der Waals surface area contributed by atoms with Crippen LogP contribution >= 0.6 is 0 Å². The predicted octanol–water partition coefficient (Wildman–Crippen LogP) is 0.698. The summed E-state index contributed by atoms with van der Waals surface area (Å²) in [5, 5.41) is 17.9. The molecule has 7 heteroatoms. The molecule has 1 aromatic carbocycles. The zero-order chi connectivity index (χ0) is 17.2. The Morgan fingerprint density at radius 3 is 2.68 bits per heavy atom. The molecule has 0 aliphatic carbocycles. The van der Waals surface area contributed by atoms with Crippen LogP contribution in [0.4, 0.5) is 0 Å². The molecule has 0 bridgehead atoms. The van der Waals surface area contributed by atoms with E-state index in [4.69, 9.17) is 0 Å². The van der Waals surface area contributed by atoms with Crippen LogP contribution in [0.25, 0.3) is 5.69 Å². The standard InChI is InChI=1S/C18H23N5O2/c24-16-13-23(14-4-2-1-3-5-14)20-17(16)18(25)22-9-6-15(12-22)21-10-7-19-8-11-21/h1-5,13,15,19,24H,6-12H2. The van der Waals surface area contributed by atoms with Crippen molar-refractivity contribution in [1.82, 2.24) is 24.9 Å². The zero-order valence-corrected chi connectivity index (χ0v) is 14.1. The number of carbonyl (C=O) groups is 1. The van der Waals surface area contributed by atoms with E-state index in [-0.39, 0.29) is 17.4 Å². The van der Waals surface area contributed by atoms with Gasteiger partial charge in [0, 0.05) is 45.3 Å². The van der Waals surface area contributed by atoms with Crippen LogP contribution in [0, 0.1) is 0 Å². The Balaban J connectivity index is 1.47. The number of hydrogen-bond donors (Lipinski definition) is 2. The molecule has 1 unspecified atom stereocenters. The lowest BCUT2D eigenvalue weighted by Gasteiger charge is -2.32. The molecule has 0 saturated carbocycles. The summed E-state index contributed by atoms with van der Waals surface area (Å²) < 4.78 is 1.55. The smallest absolute Gasteiger partial charge is 0.278 e. The highest BCUT2D eigenvalue weighted by Gasteiger charge is 2.33. The second kappa shape index (κ2) is 6.85. The van der Waals surface area contributed by atoms with Gasteiger partial charge in [0.15, 0.2) is 11.4 Å². The molecule has 1 atom stereocenters. The maximum absolute atomic E-state index is 12.8. The Morgan fingerprint density at radius 2 is 1.92 bits per heavy atom. The largest absolute Gasteiger partial charge is 0.504 e. The Kier molecular flexibility index (Phi) is 4.42. The van der Waals surface area contributed by atoms with Crippen molar-refractivity contribution in [3.63, 3.8) is 0 Å². The van der Waals surface area contributed by atoms with Crippen LogP contribution in [0.3, 0.4) is 0 Å². The molecule has 2 aliphatic heterocycles. The molecule has 25 heavy (non-hydrogen) atoms. The molecule has 1 amide bonds. The molecule has 2 N–H and O–H groups in total. The second-order valence-electron chi connectivity index (χ2n) is 6.62. The summed E-state index contributed by atoms with van der Waals surface area (Å²) in [6, 6.07) is 9.89. The first-order valence-corrected chi connectivity index (χ1v) is 8.80. The average Bonchev–Trinajstić information content (AvgIpc) is 3.30. The molecule has 2 saturated heterocycles. The number of piperazine rings is 1. The van der Waals surface area contributed by atoms with Crippen LogP contribution in [-0.4, -0.2) is 75.9 Å². The van der Waals surface area contributed by atoms with Crippen molar-refractivity contribution in [2.75, 3.05) is 39.3 Å². The molecular weight excluding hydrogens is 318 g/mol. The lowest BCUT2D eigenvalue weighted by atomic mass is 10.2. The van der Waals surface area contributed by atoms with Crippen molar-refractivity contribution in [3.05, 3.63) is 42.2 Å². The number of nitrogens with zero attached hydrogens (tertiary/aromatic N) is 4. The number of benzene rings is 1. The van der Waals surface area contributed by atoms with Gasteiger partial charge in [0.05, 0.1) is 11.9 Å². The molecule has 2 aromatic rings. The summed E-state index contributed by atoms with van der Waals surface area (Å²) in [5.41, 5.74) is 0.946. The van der Waals surface area contributed by atoms with Gasteiger partial charge in [-0.15, -0.1) is 0 Å². The molecule has 7 nitrogen and oxygen atoms in total. The normalized spacial score (nSPS) is 21.6. The number of aromatic hydroxyl groups is 1. The van der Waals surface area contributed by atoms with Gasteiger partial charge in [-0.3, -0.25) is 9.69 Å². The predicted molar refractivity (Wildman–Crippen MR) is 94.0 cm³/mol. The van der Waals surface area contributed by atoms with Gasteiger partial charge in [0.2, 0.25) is 0 Å². The lowest BCUT2D eigenvalue weighted by Crippen LogP contribution is -2.49. The van der Waals surface area contributed by atoms with E-state index in [0.29, 0.717) is 19.1 Å². The SMILES string of the molecule is O=C(c1nn(-c2ccccc2)cc1O)N1CCC(N2CCNCC2)C1. The van der Waals surface area contributed by atoms with Crippen LogP contribution in [0.15, 0.2) is 36.5 Å². The minimum absolute atomic E-state index is 0.0699. The van der Waals surface area contributed by atoms with Crippen LogP contribution in [-0.2, 0) is 0 Å². The Bertz CT molecular complexity index is 739. The minimum atomic E-state index is -0.190. The van der Waals surface area contributed by atoms with Crippen molar-refractivity contribution >= 4 is 5.91 Å². The molecule has 2 aliphatic rings. The number of nitrogens with one attached hydrogen (secondary N) is 1. The first kappa shape index (κ1) is 16.1. The number of amides is 1. The molecule has 0 radical (unpaired) electrons. The van der Waals surface area contributed by atoms with E-state index in [1.54, 1.807) is 4.68 Å². The molecule has 0 spiro atoms. The number of likely N-dealkylation sites (tertiary alicyclic amines) is 1. The van der Waals surface area contributed by atoms with E-state index >= 15 is 0 Å². The fourth-order valence-corrected chi connectivity index (χ4v) is 3.65. The van der Waals surface area contributed by atoms with E-state index in [1.165, 1.54) is 6.20 Å². The third kappa shape index (κ3) is 3.25. The first-order valence-electron chi connectivity index (χ1n) is 8.80. The maximum Gasteiger partial charge on any atom is 0.278 e. The summed E-state index contributed by atoms with van der Waals surface area (Å²) in [5.74, 6) is -0.260. The van der Waals surface area contributed by atoms with Crippen molar-refractivity contribution in [2.24, 2.45) is 0 Å². The van der Waals surface area contributed by atoms with Gasteiger partial charge in [-0.1, -0.05) is 18.2 Å². The molecule has 3 heterocycles. The van der Waals surface area contributed by atoms with Gasteiger partial charge in [-0.25, -0.2) is 4.68 Å².